The molecule has 0 fully saturated rings. The van der Waals surface area contributed by atoms with Gasteiger partial charge in [0, 0.05) is 0 Å². The Bertz CT molecular complexity index is 606. The molecule has 0 radical (unpaired) electrons. The van der Waals surface area contributed by atoms with Gasteiger partial charge in [0.1, 0.15) is 5.75 Å². The Labute approximate surface area is 133 Å². The van der Waals surface area contributed by atoms with Crippen LogP contribution in [-0.4, -0.2) is 12.5 Å². The number of rotatable bonds is 5. The zero-order valence-corrected chi connectivity index (χ0v) is 13.0. The highest BCUT2D eigenvalue weighted by molar-refractivity contribution is 6.39. The molecule has 110 valence electrons. The van der Waals surface area contributed by atoms with Crippen LogP contribution in [-0.2, 0) is 11.2 Å². The zero-order valence-electron chi connectivity index (χ0n) is 11.5. The van der Waals surface area contributed by atoms with Crippen molar-refractivity contribution in [2.75, 3.05) is 11.9 Å². The molecule has 0 atom stereocenters. The van der Waals surface area contributed by atoms with Crippen LogP contribution in [0.15, 0.2) is 42.5 Å². The van der Waals surface area contributed by atoms with Gasteiger partial charge in [-0.05, 0) is 36.2 Å². The lowest BCUT2D eigenvalue weighted by Gasteiger charge is -2.10. The van der Waals surface area contributed by atoms with Crippen molar-refractivity contribution in [1.29, 1.82) is 0 Å². The summed E-state index contributed by atoms with van der Waals surface area (Å²) in [5.41, 5.74) is 1.62. The molecule has 21 heavy (non-hydrogen) atoms. The summed E-state index contributed by atoms with van der Waals surface area (Å²) in [6.07, 6.45) is 0.964. The average Bonchev–Trinajstić information content (AvgIpc) is 2.49. The molecule has 0 saturated carbocycles. The predicted octanol–water partition coefficient (Wildman–Crippen LogP) is 4.57. The van der Waals surface area contributed by atoms with E-state index in [0.717, 1.165) is 6.42 Å². The molecule has 0 aliphatic rings. The van der Waals surface area contributed by atoms with Crippen LogP contribution in [0.3, 0.4) is 0 Å². The van der Waals surface area contributed by atoms with Crippen LogP contribution in [0.4, 0.5) is 5.69 Å². The van der Waals surface area contributed by atoms with E-state index in [9.17, 15) is 4.79 Å². The maximum Gasteiger partial charge on any atom is 0.262 e. The summed E-state index contributed by atoms with van der Waals surface area (Å²) >= 11 is 12.0. The number of carbonyl (C=O) groups is 1. The van der Waals surface area contributed by atoms with E-state index in [2.05, 4.69) is 12.2 Å². The number of benzene rings is 2. The van der Waals surface area contributed by atoms with Gasteiger partial charge in [-0.2, -0.15) is 0 Å². The summed E-state index contributed by atoms with van der Waals surface area (Å²) in [5, 5.41) is 3.43. The van der Waals surface area contributed by atoms with Gasteiger partial charge in [-0.1, -0.05) is 48.3 Å². The first-order chi connectivity index (χ1) is 10.1. The van der Waals surface area contributed by atoms with Gasteiger partial charge in [0.15, 0.2) is 6.61 Å². The quantitative estimate of drug-likeness (QED) is 0.875. The molecule has 0 aliphatic heterocycles. The van der Waals surface area contributed by atoms with E-state index >= 15 is 0 Å². The van der Waals surface area contributed by atoms with Gasteiger partial charge in [-0.3, -0.25) is 4.79 Å². The summed E-state index contributed by atoms with van der Waals surface area (Å²) < 4.78 is 5.42. The van der Waals surface area contributed by atoms with Crippen LogP contribution in [0.5, 0.6) is 5.75 Å². The molecule has 0 heterocycles. The molecule has 2 rings (SSSR count). The van der Waals surface area contributed by atoms with Crippen molar-refractivity contribution in [3.8, 4) is 5.75 Å². The van der Waals surface area contributed by atoms with E-state index in [1.165, 1.54) is 5.56 Å². The van der Waals surface area contributed by atoms with Crippen molar-refractivity contribution in [3.63, 3.8) is 0 Å². The molecule has 0 saturated heterocycles. The second-order valence-corrected chi connectivity index (χ2v) is 5.25. The Morgan fingerprint density at radius 1 is 1.10 bits per heavy atom. The monoisotopic (exact) mass is 323 g/mol. The fourth-order valence-corrected chi connectivity index (χ4v) is 2.25. The van der Waals surface area contributed by atoms with Gasteiger partial charge >= 0.3 is 0 Å². The smallest absolute Gasteiger partial charge is 0.262 e. The highest BCUT2D eigenvalue weighted by Crippen LogP contribution is 2.29. The molecule has 0 unspecified atom stereocenters. The van der Waals surface area contributed by atoms with Crippen LogP contribution >= 0.6 is 23.2 Å². The largest absolute Gasteiger partial charge is 0.484 e. The minimum absolute atomic E-state index is 0.104. The minimum Gasteiger partial charge on any atom is -0.484 e. The maximum absolute atomic E-state index is 11.9. The van der Waals surface area contributed by atoms with Crippen LogP contribution in [0.2, 0.25) is 10.0 Å². The molecule has 0 aliphatic carbocycles. The highest BCUT2D eigenvalue weighted by atomic mass is 35.5. The van der Waals surface area contributed by atoms with Crippen molar-refractivity contribution in [3.05, 3.63) is 58.1 Å². The molecule has 0 bridgehead atoms. The molecular formula is C16H15Cl2NO2. The van der Waals surface area contributed by atoms with E-state index in [1.54, 1.807) is 18.2 Å². The Morgan fingerprint density at radius 2 is 1.71 bits per heavy atom. The standard InChI is InChI=1S/C16H15Cl2NO2/c1-2-11-6-8-12(9-7-11)21-10-15(20)19-16-13(17)4-3-5-14(16)18/h3-9H,2,10H2,1H3,(H,19,20). The Hall–Kier alpha value is -1.71. The topological polar surface area (TPSA) is 38.3 Å². The van der Waals surface area contributed by atoms with Crippen molar-refractivity contribution in [1.82, 2.24) is 0 Å². The summed E-state index contributed by atoms with van der Waals surface area (Å²) in [6.45, 7) is 1.98. The van der Waals surface area contributed by atoms with E-state index in [1.807, 2.05) is 24.3 Å². The Kier molecular flexibility index (Phi) is 5.48. The fraction of sp³-hybridized carbons (Fsp3) is 0.188. The number of anilines is 1. The molecule has 5 heteroatoms. The van der Waals surface area contributed by atoms with Gasteiger partial charge in [0.25, 0.3) is 5.91 Å². The lowest BCUT2D eigenvalue weighted by molar-refractivity contribution is -0.118. The number of ether oxygens (including phenoxy) is 1. The second-order valence-electron chi connectivity index (χ2n) is 4.43. The lowest BCUT2D eigenvalue weighted by atomic mass is 10.2. The van der Waals surface area contributed by atoms with Gasteiger partial charge in [0.05, 0.1) is 15.7 Å². The summed E-state index contributed by atoms with van der Waals surface area (Å²) in [4.78, 5) is 11.9. The number of halogens is 2. The Balaban J connectivity index is 1.92. The van der Waals surface area contributed by atoms with E-state index in [-0.39, 0.29) is 12.5 Å². The van der Waals surface area contributed by atoms with Gasteiger partial charge in [-0.25, -0.2) is 0 Å². The predicted molar refractivity (Wildman–Crippen MR) is 86.4 cm³/mol. The van der Waals surface area contributed by atoms with E-state index in [4.69, 9.17) is 27.9 Å². The molecule has 2 aromatic rings. The third kappa shape index (κ3) is 4.38. The molecule has 0 aromatic heterocycles. The van der Waals surface area contributed by atoms with E-state index < -0.39 is 0 Å². The number of carbonyl (C=O) groups excluding carboxylic acids is 1. The van der Waals surface area contributed by atoms with Crippen LogP contribution in [0, 0.1) is 0 Å². The number of hydrogen-bond acceptors (Lipinski definition) is 2. The summed E-state index contributed by atoms with van der Waals surface area (Å²) in [7, 11) is 0. The average molecular weight is 324 g/mol. The van der Waals surface area contributed by atoms with Gasteiger partial charge in [0.2, 0.25) is 0 Å². The number of nitrogens with one attached hydrogen (secondary N) is 1. The van der Waals surface area contributed by atoms with Crippen molar-refractivity contribution < 1.29 is 9.53 Å². The minimum atomic E-state index is -0.315. The lowest BCUT2D eigenvalue weighted by Crippen LogP contribution is -2.20. The first kappa shape index (κ1) is 15.7. The SMILES string of the molecule is CCc1ccc(OCC(=O)Nc2c(Cl)cccc2Cl)cc1. The first-order valence-corrected chi connectivity index (χ1v) is 7.31. The van der Waals surface area contributed by atoms with Crippen LogP contribution < -0.4 is 10.1 Å². The van der Waals surface area contributed by atoms with Crippen LogP contribution in [0.1, 0.15) is 12.5 Å². The van der Waals surface area contributed by atoms with Gasteiger partial charge < -0.3 is 10.1 Å². The summed E-state index contributed by atoms with van der Waals surface area (Å²) in [6, 6.07) is 12.7. The summed E-state index contributed by atoms with van der Waals surface area (Å²) in [5.74, 6) is 0.331. The zero-order chi connectivity index (χ0) is 15.2. The van der Waals surface area contributed by atoms with E-state index in [0.29, 0.717) is 21.5 Å². The maximum atomic E-state index is 11.9. The number of amides is 1. The van der Waals surface area contributed by atoms with Crippen LogP contribution in [0.25, 0.3) is 0 Å². The molecule has 2 aromatic carbocycles. The molecular weight excluding hydrogens is 309 g/mol. The third-order valence-electron chi connectivity index (χ3n) is 2.93. The Morgan fingerprint density at radius 3 is 2.29 bits per heavy atom. The van der Waals surface area contributed by atoms with Crippen molar-refractivity contribution in [2.45, 2.75) is 13.3 Å². The second kappa shape index (κ2) is 7.34. The fourth-order valence-electron chi connectivity index (χ4n) is 1.76. The number of aryl methyl sites for hydroxylation is 1. The normalized spacial score (nSPS) is 10.2. The molecule has 1 N–H and O–H groups in total. The van der Waals surface area contributed by atoms with Crippen molar-refractivity contribution in [2.24, 2.45) is 0 Å². The van der Waals surface area contributed by atoms with Crippen molar-refractivity contribution >= 4 is 34.8 Å². The molecule has 3 nitrogen and oxygen atoms in total. The molecule has 0 spiro atoms. The first-order valence-electron chi connectivity index (χ1n) is 6.55. The highest BCUT2D eigenvalue weighted by Gasteiger charge is 2.10. The third-order valence-corrected chi connectivity index (χ3v) is 3.56. The number of hydrogen-bond donors (Lipinski definition) is 1. The molecule has 1 amide bonds. The number of para-hydroxylation sites is 1. The van der Waals surface area contributed by atoms with Gasteiger partial charge in [-0.15, -0.1) is 0 Å².